The highest BCUT2D eigenvalue weighted by atomic mass is 16.5. The molecule has 5 heteroatoms. The molecule has 0 atom stereocenters. The number of carbonyl (C=O) groups excluding carboxylic acids is 2. The van der Waals surface area contributed by atoms with Gasteiger partial charge in [0.25, 0.3) is 0 Å². The number of hydrogen-bond donors (Lipinski definition) is 2. The van der Waals surface area contributed by atoms with Crippen LogP contribution in [0.1, 0.15) is 46.0 Å². The van der Waals surface area contributed by atoms with Crippen LogP contribution in [0.25, 0.3) is 0 Å². The largest absolute Gasteiger partial charge is 0.465 e. The zero-order chi connectivity index (χ0) is 13.4. The lowest BCUT2D eigenvalue weighted by Crippen LogP contribution is -2.43. The summed E-state index contributed by atoms with van der Waals surface area (Å²) in [5, 5.41) is 5.36. The van der Waals surface area contributed by atoms with Gasteiger partial charge in [-0.2, -0.15) is 0 Å². The van der Waals surface area contributed by atoms with E-state index in [1.807, 2.05) is 0 Å². The molecule has 0 aliphatic heterocycles. The SMILES string of the molecule is CCOC(=O)CNC(=O)NCC1(CC)CCCC1. The molecule has 0 spiro atoms. The Morgan fingerprint density at radius 3 is 2.39 bits per heavy atom. The highest BCUT2D eigenvalue weighted by molar-refractivity contribution is 5.80. The number of urea groups is 1. The monoisotopic (exact) mass is 256 g/mol. The first-order chi connectivity index (χ1) is 8.62. The summed E-state index contributed by atoms with van der Waals surface area (Å²) in [6.07, 6.45) is 5.95. The topological polar surface area (TPSA) is 67.4 Å². The summed E-state index contributed by atoms with van der Waals surface area (Å²) < 4.78 is 4.73. The summed E-state index contributed by atoms with van der Waals surface area (Å²) in [6, 6.07) is -0.289. The van der Waals surface area contributed by atoms with E-state index in [-0.39, 0.29) is 18.0 Å². The van der Waals surface area contributed by atoms with Gasteiger partial charge in [-0.25, -0.2) is 4.79 Å². The number of esters is 1. The lowest BCUT2D eigenvalue weighted by Gasteiger charge is -2.27. The van der Waals surface area contributed by atoms with Gasteiger partial charge in [-0.05, 0) is 31.6 Å². The Labute approximate surface area is 109 Å². The van der Waals surface area contributed by atoms with Gasteiger partial charge in [0, 0.05) is 6.54 Å². The number of ether oxygens (including phenoxy) is 1. The molecule has 1 aliphatic rings. The molecule has 1 fully saturated rings. The third kappa shape index (κ3) is 4.55. The second-order valence-electron chi connectivity index (χ2n) is 4.90. The third-order valence-electron chi connectivity index (χ3n) is 3.74. The van der Waals surface area contributed by atoms with Crippen molar-refractivity contribution in [2.24, 2.45) is 5.41 Å². The second-order valence-corrected chi connectivity index (χ2v) is 4.90. The normalized spacial score (nSPS) is 17.2. The summed E-state index contributed by atoms with van der Waals surface area (Å²) >= 11 is 0. The van der Waals surface area contributed by atoms with Crippen LogP contribution in [0.3, 0.4) is 0 Å². The summed E-state index contributed by atoms with van der Waals surface area (Å²) in [7, 11) is 0. The molecule has 1 aliphatic carbocycles. The smallest absolute Gasteiger partial charge is 0.325 e. The second kappa shape index (κ2) is 7.24. The lowest BCUT2D eigenvalue weighted by atomic mass is 9.83. The lowest BCUT2D eigenvalue weighted by molar-refractivity contribution is -0.141. The first kappa shape index (κ1) is 14.8. The van der Waals surface area contributed by atoms with Gasteiger partial charge in [0.15, 0.2) is 0 Å². The van der Waals surface area contributed by atoms with Gasteiger partial charge in [0.05, 0.1) is 6.61 Å². The first-order valence-electron chi connectivity index (χ1n) is 6.79. The van der Waals surface area contributed by atoms with E-state index < -0.39 is 5.97 Å². The molecule has 2 N–H and O–H groups in total. The molecule has 0 aromatic heterocycles. The van der Waals surface area contributed by atoms with Gasteiger partial charge in [-0.15, -0.1) is 0 Å². The van der Waals surface area contributed by atoms with Crippen molar-refractivity contribution in [1.82, 2.24) is 10.6 Å². The summed E-state index contributed by atoms with van der Waals surface area (Å²) in [6.45, 7) is 4.87. The minimum atomic E-state index is -0.404. The summed E-state index contributed by atoms with van der Waals surface area (Å²) in [5.74, 6) is -0.404. The van der Waals surface area contributed by atoms with E-state index in [4.69, 9.17) is 4.74 Å². The number of carbonyl (C=O) groups is 2. The Morgan fingerprint density at radius 1 is 1.17 bits per heavy atom. The quantitative estimate of drug-likeness (QED) is 0.712. The zero-order valence-electron chi connectivity index (χ0n) is 11.4. The maximum Gasteiger partial charge on any atom is 0.325 e. The van der Waals surface area contributed by atoms with Crippen molar-refractivity contribution >= 4 is 12.0 Å². The molecule has 0 heterocycles. The molecule has 5 nitrogen and oxygen atoms in total. The number of rotatable bonds is 6. The summed E-state index contributed by atoms with van der Waals surface area (Å²) in [4.78, 5) is 22.6. The Hall–Kier alpha value is -1.26. The van der Waals surface area contributed by atoms with Gasteiger partial charge in [-0.3, -0.25) is 4.79 Å². The van der Waals surface area contributed by atoms with Crippen molar-refractivity contribution in [2.45, 2.75) is 46.0 Å². The van der Waals surface area contributed by atoms with E-state index >= 15 is 0 Å². The van der Waals surface area contributed by atoms with Gasteiger partial charge >= 0.3 is 12.0 Å². The minimum Gasteiger partial charge on any atom is -0.465 e. The van der Waals surface area contributed by atoms with Crippen molar-refractivity contribution in [1.29, 1.82) is 0 Å². The zero-order valence-corrected chi connectivity index (χ0v) is 11.4. The molecule has 2 amide bonds. The van der Waals surface area contributed by atoms with E-state index in [0.29, 0.717) is 13.2 Å². The first-order valence-corrected chi connectivity index (χ1v) is 6.79. The molecule has 0 aromatic rings. The van der Waals surface area contributed by atoms with Crippen LogP contribution in [0, 0.1) is 5.41 Å². The van der Waals surface area contributed by atoms with Crippen molar-refractivity contribution in [2.75, 3.05) is 19.7 Å². The molecule has 104 valence electrons. The van der Waals surface area contributed by atoms with Gasteiger partial charge in [0.2, 0.25) is 0 Å². The maximum absolute atomic E-state index is 11.5. The van der Waals surface area contributed by atoms with E-state index in [9.17, 15) is 9.59 Å². The molecule has 1 saturated carbocycles. The Balaban J connectivity index is 2.22. The fraction of sp³-hybridized carbons (Fsp3) is 0.846. The molecule has 0 saturated heterocycles. The van der Waals surface area contributed by atoms with Crippen LogP contribution in [-0.2, 0) is 9.53 Å². The Bertz CT molecular complexity index is 286. The van der Waals surface area contributed by atoms with E-state index in [1.165, 1.54) is 25.7 Å². The maximum atomic E-state index is 11.5. The van der Waals surface area contributed by atoms with Crippen molar-refractivity contribution in [3.05, 3.63) is 0 Å². The molecule has 0 unspecified atom stereocenters. The van der Waals surface area contributed by atoms with E-state index in [1.54, 1.807) is 6.92 Å². The van der Waals surface area contributed by atoms with Crippen LogP contribution in [0.2, 0.25) is 0 Å². The highest BCUT2D eigenvalue weighted by Gasteiger charge is 2.32. The standard InChI is InChI=1S/C13H24N2O3/c1-3-13(7-5-6-8-13)10-15-12(17)14-9-11(16)18-4-2/h3-10H2,1-2H3,(H2,14,15,17). The van der Waals surface area contributed by atoms with E-state index in [0.717, 1.165) is 6.42 Å². The molecule has 1 rings (SSSR count). The fourth-order valence-corrected chi connectivity index (χ4v) is 2.48. The van der Waals surface area contributed by atoms with Crippen molar-refractivity contribution in [3.8, 4) is 0 Å². The Kier molecular flexibility index (Phi) is 5.95. The number of nitrogens with one attached hydrogen (secondary N) is 2. The van der Waals surface area contributed by atoms with Crippen LogP contribution in [0.15, 0.2) is 0 Å². The molecule has 0 radical (unpaired) electrons. The van der Waals surface area contributed by atoms with Crippen LogP contribution < -0.4 is 10.6 Å². The fourth-order valence-electron chi connectivity index (χ4n) is 2.48. The van der Waals surface area contributed by atoms with Gasteiger partial charge < -0.3 is 15.4 Å². The predicted octanol–water partition coefficient (Wildman–Crippen LogP) is 1.82. The highest BCUT2D eigenvalue weighted by Crippen LogP contribution is 2.40. The average molecular weight is 256 g/mol. The Morgan fingerprint density at radius 2 is 1.83 bits per heavy atom. The number of amides is 2. The van der Waals surface area contributed by atoms with Crippen LogP contribution in [0.5, 0.6) is 0 Å². The summed E-state index contributed by atoms with van der Waals surface area (Å²) in [5.41, 5.74) is 0.265. The molecule has 18 heavy (non-hydrogen) atoms. The van der Waals surface area contributed by atoms with Gasteiger partial charge in [-0.1, -0.05) is 19.8 Å². The van der Waals surface area contributed by atoms with Gasteiger partial charge in [0.1, 0.15) is 6.54 Å². The van der Waals surface area contributed by atoms with E-state index in [2.05, 4.69) is 17.6 Å². The van der Waals surface area contributed by atoms with Crippen LogP contribution in [-0.4, -0.2) is 31.7 Å². The average Bonchev–Trinajstić information content (AvgIpc) is 2.84. The molecule has 0 bridgehead atoms. The molecular formula is C13H24N2O3. The number of hydrogen-bond acceptors (Lipinski definition) is 3. The van der Waals surface area contributed by atoms with Crippen molar-refractivity contribution in [3.63, 3.8) is 0 Å². The third-order valence-corrected chi connectivity index (χ3v) is 3.74. The van der Waals surface area contributed by atoms with Crippen LogP contribution >= 0.6 is 0 Å². The molecule has 0 aromatic carbocycles. The minimum absolute atomic E-state index is 0.0706. The predicted molar refractivity (Wildman–Crippen MR) is 69.2 cm³/mol. The van der Waals surface area contributed by atoms with Crippen LogP contribution in [0.4, 0.5) is 4.79 Å². The van der Waals surface area contributed by atoms with Crippen molar-refractivity contribution < 1.29 is 14.3 Å². The molecular weight excluding hydrogens is 232 g/mol.